The van der Waals surface area contributed by atoms with Gasteiger partial charge in [-0.1, -0.05) is 6.42 Å². The second kappa shape index (κ2) is 3.60. The van der Waals surface area contributed by atoms with Gasteiger partial charge in [0.2, 0.25) is 0 Å². The van der Waals surface area contributed by atoms with Crippen LogP contribution in [0.25, 0.3) is 0 Å². The number of carbonyl (C=O) groups is 1. The molecular formula is C8H16N2O. The first-order valence-corrected chi connectivity index (χ1v) is 4.22. The first-order valence-electron chi connectivity index (χ1n) is 4.22. The molecule has 11 heavy (non-hydrogen) atoms. The summed E-state index contributed by atoms with van der Waals surface area (Å²) in [6, 6.07) is 0.271. The molecule has 0 heterocycles. The van der Waals surface area contributed by atoms with E-state index in [-0.39, 0.29) is 6.03 Å². The summed E-state index contributed by atoms with van der Waals surface area (Å²) in [5.41, 5.74) is 0. The molecule has 3 heteroatoms. The van der Waals surface area contributed by atoms with Crippen molar-refractivity contribution < 1.29 is 4.79 Å². The molecular weight excluding hydrogens is 140 g/mol. The van der Waals surface area contributed by atoms with E-state index in [1.54, 1.807) is 7.05 Å². The minimum atomic E-state index is -0.0654. The van der Waals surface area contributed by atoms with Gasteiger partial charge in [0, 0.05) is 13.1 Å². The Kier molecular flexibility index (Phi) is 2.74. The minimum Gasteiger partial charge on any atom is -0.341 e. The van der Waals surface area contributed by atoms with Crippen molar-refractivity contribution in [2.75, 3.05) is 7.05 Å². The molecule has 1 fully saturated rings. The predicted molar refractivity (Wildman–Crippen MR) is 44.4 cm³/mol. The molecule has 0 saturated heterocycles. The fourth-order valence-electron chi connectivity index (χ4n) is 1.34. The van der Waals surface area contributed by atoms with E-state index in [4.69, 9.17) is 0 Å². The lowest BCUT2D eigenvalue weighted by Gasteiger charge is -2.31. The summed E-state index contributed by atoms with van der Waals surface area (Å²) in [7, 11) is 1.64. The summed E-state index contributed by atoms with van der Waals surface area (Å²) >= 11 is 0. The number of amides is 2. The third kappa shape index (κ3) is 2.10. The Labute approximate surface area is 67.5 Å². The summed E-state index contributed by atoms with van der Waals surface area (Å²) in [6.07, 6.45) is 3.86. The van der Waals surface area contributed by atoms with Gasteiger partial charge in [0.05, 0.1) is 0 Å². The SMILES string of the molecule is CNC(=O)NC(C)C1CCC1. The molecule has 2 amide bonds. The van der Waals surface area contributed by atoms with Crippen molar-refractivity contribution in [1.29, 1.82) is 0 Å². The zero-order valence-electron chi connectivity index (χ0n) is 7.18. The van der Waals surface area contributed by atoms with Crippen LogP contribution in [0.4, 0.5) is 4.79 Å². The molecule has 1 atom stereocenters. The second-order valence-electron chi connectivity index (χ2n) is 3.20. The van der Waals surface area contributed by atoms with Gasteiger partial charge in [0.1, 0.15) is 0 Å². The summed E-state index contributed by atoms with van der Waals surface area (Å²) in [5.74, 6) is 0.715. The number of carbonyl (C=O) groups excluding carboxylic acids is 1. The highest BCUT2D eigenvalue weighted by atomic mass is 16.2. The largest absolute Gasteiger partial charge is 0.341 e. The van der Waals surface area contributed by atoms with E-state index in [2.05, 4.69) is 17.6 Å². The number of nitrogens with one attached hydrogen (secondary N) is 2. The van der Waals surface area contributed by atoms with Crippen LogP contribution in [-0.2, 0) is 0 Å². The van der Waals surface area contributed by atoms with Crippen molar-refractivity contribution in [3.05, 3.63) is 0 Å². The maximum atomic E-state index is 10.8. The monoisotopic (exact) mass is 156 g/mol. The zero-order chi connectivity index (χ0) is 8.27. The van der Waals surface area contributed by atoms with Crippen LogP contribution in [0.3, 0.4) is 0 Å². The van der Waals surface area contributed by atoms with Crippen molar-refractivity contribution in [3.63, 3.8) is 0 Å². The molecule has 3 nitrogen and oxygen atoms in total. The number of rotatable bonds is 2. The molecule has 0 spiro atoms. The Balaban J connectivity index is 2.19. The van der Waals surface area contributed by atoms with Crippen LogP contribution >= 0.6 is 0 Å². The summed E-state index contributed by atoms with van der Waals surface area (Å²) in [5, 5.41) is 5.43. The third-order valence-corrected chi connectivity index (χ3v) is 2.44. The average Bonchev–Trinajstić information content (AvgIpc) is 1.83. The van der Waals surface area contributed by atoms with E-state index in [1.807, 2.05) is 0 Å². The van der Waals surface area contributed by atoms with Gasteiger partial charge in [-0.3, -0.25) is 0 Å². The summed E-state index contributed by atoms with van der Waals surface area (Å²) in [4.78, 5) is 10.8. The Bertz CT molecular complexity index is 143. The quantitative estimate of drug-likeness (QED) is 0.617. The lowest BCUT2D eigenvalue weighted by Crippen LogP contribution is -2.44. The fourth-order valence-corrected chi connectivity index (χ4v) is 1.34. The highest BCUT2D eigenvalue weighted by molar-refractivity contribution is 5.73. The summed E-state index contributed by atoms with van der Waals surface area (Å²) in [6.45, 7) is 2.07. The first-order chi connectivity index (χ1) is 5.24. The van der Waals surface area contributed by atoms with Gasteiger partial charge in [0.15, 0.2) is 0 Å². The Morgan fingerprint density at radius 1 is 1.55 bits per heavy atom. The van der Waals surface area contributed by atoms with E-state index in [9.17, 15) is 4.79 Å². The molecule has 0 aromatic heterocycles. The van der Waals surface area contributed by atoms with Crippen molar-refractivity contribution in [2.24, 2.45) is 5.92 Å². The van der Waals surface area contributed by atoms with Crippen molar-refractivity contribution >= 4 is 6.03 Å². The number of hydrogen-bond acceptors (Lipinski definition) is 1. The van der Waals surface area contributed by atoms with Crippen molar-refractivity contribution in [3.8, 4) is 0 Å². The Hall–Kier alpha value is -0.730. The van der Waals surface area contributed by atoms with E-state index in [0.717, 1.165) is 0 Å². The molecule has 1 saturated carbocycles. The molecule has 0 radical (unpaired) electrons. The number of hydrogen-bond donors (Lipinski definition) is 2. The molecule has 2 N–H and O–H groups in total. The van der Waals surface area contributed by atoms with Gasteiger partial charge >= 0.3 is 6.03 Å². The number of urea groups is 1. The molecule has 1 aliphatic carbocycles. The van der Waals surface area contributed by atoms with E-state index >= 15 is 0 Å². The van der Waals surface area contributed by atoms with Crippen LogP contribution < -0.4 is 10.6 Å². The molecule has 0 aliphatic heterocycles. The molecule has 1 rings (SSSR count). The zero-order valence-corrected chi connectivity index (χ0v) is 7.18. The minimum absolute atomic E-state index is 0.0654. The molecule has 0 bridgehead atoms. The maximum absolute atomic E-state index is 10.8. The van der Waals surface area contributed by atoms with Crippen molar-refractivity contribution in [2.45, 2.75) is 32.2 Å². The van der Waals surface area contributed by atoms with Crippen LogP contribution in [0.1, 0.15) is 26.2 Å². The summed E-state index contributed by atoms with van der Waals surface area (Å²) < 4.78 is 0. The first kappa shape index (κ1) is 8.37. The van der Waals surface area contributed by atoms with Crippen LogP contribution in [0.5, 0.6) is 0 Å². The van der Waals surface area contributed by atoms with E-state index < -0.39 is 0 Å². The lowest BCUT2D eigenvalue weighted by molar-refractivity contribution is 0.215. The van der Waals surface area contributed by atoms with Crippen molar-refractivity contribution in [1.82, 2.24) is 10.6 Å². The van der Waals surface area contributed by atoms with Crippen LogP contribution in [0.15, 0.2) is 0 Å². The van der Waals surface area contributed by atoms with Crippen LogP contribution in [0, 0.1) is 5.92 Å². The second-order valence-corrected chi connectivity index (χ2v) is 3.20. The van der Waals surface area contributed by atoms with Gasteiger partial charge in [-0.05, 0) is 25.7 Å². The highest BCUT2D eigenvalue weighted by Crippen LogP contribution is 2.29. The molecule has 0 aromatic carbocycles. The molecule has 64 valence electrons. The highest BCUT2D eigenvalue weighted by Gasteiger charge is 2.24. The van der Waals surface area contributed by atoms with E-state index in [1.165, 1.54) is 19.3 Å². The average molecular weight is 156 g/mol. The van der Waals surface area contributed by atoms with Crippen LogP contribution in [-0.4, -0.2) is 19.1 Å². The van der Waals surface area contributed by atoms with Gasteiger partial charge in [-0.25, -0.2) is 4.79 Å². The normalized spacial score (nSPS) is 20.2. The fraction of sp³-hybridized carbons (Fsp3) is 0.875. The predicted octanol–water partition coefficient (Wildman–Crippen LogP) is 1.10. The topological polar surface area (TPSA) is 41.1 Å². The molecule has 1 unspecified atom stereocenters. The maximum Gasteiger partial charge on any atom is 0.314 e. The lowest BCUT2D eigenvalue weighted by atomic mass is 9.80. The van der Waals surface area contributed by atoms with Gasteiger partial charge in [0.25, 0.3) is 0 Å². The smallest absolute Gasteiger partial charge is 0.314 e. The molecule has 1 aliphatic rings. The molecule has 0 aromatic rings. The third-order valence-electron chi connectivity index (χ3n) is 2.44. The van der Waals surface area contributed by atoms with Gasteiger partial charge in [-0.2, -0.15) is 0 Å². The van der Waals surface area contributed by atoms with Crippen LogP contribution in [0.2, 0.25) is 0 Å². The Morgan fingerprint density at radius 2 is 2.18 bits per heavy atom. The van der Waals surface area contributed by atoms with Gasteiger partial charge < -0.3 is 10.6 Å². The van der Waals surface area contributed by atoms with E-state index in [0.29, 0.717) is 12.0 Å². The van der Waals surface area contributed by atoms with Gasteiger partial charge in [-0.15, -0.1) is 0 Å². The Morgan fingerprint density at radius 3 is 2.55 bits per heavy atom. The standard InChI is InChI=1S/C8H16N2O/c1-6(7-4-3-5-7)10-8(11)9-2/h6-7H,3-5H2,1-2H3,(H2,9,10,11).